The molecule has 0 amide bonds. The van der Waals surface area contributed by atoms with Crippen molar-refractivity contribution in [1.82, 2.24) is 0 Å². The van der Waals surface area contributed by atoms with Gasteiger partial charge in [-0.1, -0.05) is 44.2 Å². The lowest BCUT2D eigenvalue weighted by atomic mass is 9.96. The Morgan fingerprint density at radius 1 is 1.05 bits per heavy atom. The zero-order valence-electron chi connectivity index (χ0n) is 11.5. The molecule has 2 heteroatoms. The SMILES string of the molecule is CC(C)Cc1ccc(-c2ccc(F)cc2CN)cc1. The molecule has 1 nitrogen and oxygen atoms in total. The molecule has 0 spiro atoms. The van der Waals surface area contributed by atoms with E-state index < -0.39 is 0 Å². The Hall–Kier alpha value is -1.67. The van der Waals surface area contributed by atoms with Crippen LogP contribution in [0.1, 0.15) is 25.0 Å². The summed E-state index contributed by atoms with van der Waals surface area (Å²) in [7, 11) is 0. The number of hydrogen-bond acceptors (Lipinski definition) is 1. The van der Waals surface area contributed by atoms with Gasteiger partial charge < -0.3 is 5.73 Å². The van der Waals surface area contributed by atoms with Crippen molar-refractivity contribution in [2.24, 2.45) is 11.7 Å². The maximum absolute atomic E-state index is 13.2. The highest BCUT2D eigenvalue weighted by atomic mass is 19.1. The van der Waals surface area contributed by atoms with Crippen LogP contribution in [0.2, 0.25) is 0 Å². The molecule has 2 rings (SSSR count). The van der Waals surface area contributed by atoms with Crippen LogP contribution in [0.15, 0.2) is 42.5 Å². The highest BCUT2D eigenvalue weighted by Gasteiger charge is 2.06. The average molecular weight is 257 g/mol. The molecule has 0 aliphatic rings. The summed E-state index contributed by atoms with van der Waals surface area (Å²) in [5, 5.41) is 0. The van der Waals surface area contributed by atoms with Crippen molar-refractivity contribution in [3.63, 3.8) is 0 Å². The summed E-state index contributed by atoms with van der Waals surface area (Å²) in [6, 6.07) is 13.2. The van der Waals surface area contributed by atoms with E-state index in [9.17, 15) is 4.39 Å². The maximum Gasteiger partial charge on any atom is 0.123 e. The first-order valence-corrected chi connectivity index (χ1v) is 6.68. The van der Waals surface area contributed by atoms with Crippen LogP contribution in [0.25, 0.3) is 11.1 Å². The van der Waals surface area contributed by atoms with Gasteiger partial charge in [-0.25, -0.2) is 4.39 Å². The second-order valence-electron chi connectivity index (χ2n) is 5.30. The van der Waals surface area contributed by atoms with E-state index >= 15 is 0 Å². The van der Waals surface area contributed by atoms with Crippen LogP contribution in [0.4, 0.5) is 4.39 Å². The average Bonchev–Trinajstić information content (AvgIpc) is 2.39. The fourth-order valence-electron chi connectivity index (χ4n) is 2.30. The molecule has 0 atom stereocenters. The Bertz CT molecular complexity index is 544. The summed E-state index contributed by atoms with van der Waals surface area (Å²) in [4.78, 5) is 0. The van der Waals surface area contributed by atoms with Crippen LogP contribution in [0.3, 0.4) is 0 Å². The predicted molar refractivity (Wildman–Crippen MR) is 78.3 cm³/mol. The van der Waals surface area contributed by atoms with Gasteiger partial charge in [-0.2, -0.15) is 0 Å². The molecule has 0 saturated carbocycles. The monoisotopic (exact) mass is 257 g/mol. The number of benzene rings is 2. The molecule has 0 aliphatic heterocycles. The second kappa shape index (κ2) is 5.98. The predicted octanol–water partition coefficient (Wildman–Crippen LogP) is 4.15. The molecule has 0 unspecified atom stereocenters. The van der Waals surface area contributed by atoms with Crippen molar-refractivity contribution >= 4 is 0 Å². The van der Waals surface area contributed by atoms with Gasteiger partial charge in [-0.3, -0.25) is 0 Å². The normalized spacial score (nSPS) is 11.0. The molecule has 19 heavy (non-hydrogen) atoms. The molecule has 0 radical (unpaired) electrons. The van der Waals surface area contributed by atoms with Crippen LogP contribution in [0.5, 0.6) is 0 Å². The molecule has 2 aromatic rings. The first-order chi connectivity index (χ1) is 9.10. The largest absolute Gasteiger partial charge is 0.326 e. The molecule has 0 bridgehead atoms. The molecule has 0 fully saturated rings. The number of halogens is 1. The molecular formula is C17H20FN. The number of hydrogen-bond donors (Lipinski definition) is 1. The van der Waals surface area contributed by atoms with Gasteiger partial charge in [0.2, 0.25) is 0 Å². The zero-order chi connectivity index (χ0) is 13.8. The Morgan fingerprint density at radius 2 is 1.74 bits per heavy atom. The summed E-state index contributed by atoms with van der Waals surface area (Å²) >= 11 is 0. The first kappa shape index (κ1) is 13.8. The third-order valence-corrected chi connectivity index (χ3v) is 3.20. The van der Waals surface area contributed by atoms with E-state index in [0.29, 0.717) is 12.5 Å². The van der Waals surface area contributed by atoms with Gasteiger partial charge in [0.1, 0.15) is 5.82 Å². The van der Waals surface area contributed by atoms with Crippen molar-refractivity contribution in [3.8, 4) is 11.1 Å². The minimum atomic E-state index is -0.236. The van der Waals surface area contributed by atoms with Crippen molar-refractivity contribution in [3.05, 3.63) is 59.4 Å². The van der Waals surface area contributed by atoms with Gasteiger partial charge in [-0.05, 0) is 46.7 Å². The van der Waals surface area contributed by atoms with E-state index in [1.54, 1.807) is 6.07 Å². The van der Waals surface area contributed by atoms with E-state index in [-0.39, 0.29) is 5.82 Å². The fourth-order valence-corrected chi connectivity index (χ4v) is 2.30. The topological polar surface area (TPSA) is 26.0 Å². The lowest BCUT2D eigenvalue weighted by Gasteiger charge is -2.10. The van der Waals surface area contributed by atoms with Crippen LogP contribution in [-0.2, 0) is 13.0 Å². The lowest BCUT2D eigenvalue weighted by Crippen LogP contribution is -2.00. The highest BCUT2D eigenvalue weighted by molar-refractivity contribution is 5.67. The van der Waals surface area contributed by atoms with Gasteiger partial charge >= 0.3 is 0 Å². The second-order valence-corrected chi connectivity index (χ2v) is 5.30. The Kier molecular flexibility index (Phi) is 4.33. The van der Waals surface area contributed by atoms with E-state index in [0.717, 1.165) is 23.1 Å². The van der Waals surface area contributed by atoms with Gasteiger partial charge in [-0.15, -0.1) is 0 Å². The Labute approximate surface area is 114 Å². The van der Waals surface area contributed by atoms with E-state index in [1.165, 1.54) is 17.7 Å². The zero-order valence-corrected chi connectivity index (χ0v) is 11.5. The minimum absolute atomic E-state index is 0.236. The standard InChI is InChI=1S/C17H20FN/c1-12(2)9-13-3-5-14(6-4-13)17-8-7-16(18)10-15(17)11-19/h3-8,10,12H,9,11,19H2,1-2H3. The Balaban J connectivity index is 2.32. The van der Waals surface area contributed by atoms with Crippen LogP contribution in [0, 0.1) is 11.7 Å². The van der Waals surface area contributed by atoms with Gasteiger partial charge in [0.25, 0.3) is 0 Å². The molecular weight excluding hydrogens is 237 g/mol. The van der Waals surface area contributed by atoms with E-state index in [1.807, 2.05) is 0 Å². The smallest absolute Gasteiger partial charge is 0.123 e. The van der Waals surface area contributed by atoms with E-state index in [4.69, 9.17) is 5.73 Å². The lowest BCUT2D eigenvalue weighted by molar-refractivity contribution is 0.625. The van der Waals surface area contributed by atoms with E-state index in [2.05, 4.69) is 38.1 Å². The summed E-state index contributed by atoms with van der Waals surface area (Å²) in [6.07, 6.45) is 1.08. The van der Waals surface area contributed by atoms with Crippen LogP contribution >= 0.6 is 0 Å². The Morgan fingerprint density at radius 3 is 2.32 bits per heavy atom. The quantitative estimate of drug-likeness (QED) is 0.874. The van der Waals surface area contributed by atoms with Crippen molar-refractivity contribution in [1.29, 1.82) is 0 Å². The molecule has 2 N–H and O–H groups in total. The molecule has 0 aromatic heterocycles. The molecule has 0 heterocycles. The number of nitrogens with two attached hydrogens (primary N) is 1. The van der Waals surface area contributed by atoms with Gasteiger partial charge in [0.15, 0.2) is 0 Å². The number of rotatable bonds is 4. The van der Waals surface area contributed by atoms with Gasteiger partial charge in [0.05, 0.1) is 0 Å². The summed E-state index contributed by atoms with van der Waals surface area (Å²) < 4.78 is 13.2. The fraction of sp³-hybridized carbons (Fsp3) is 0.294. The first-order valence-electron chi connectivity index (χ1n) is 6.68. The third kappa shape index (κ3) is 3.42. The molecule has 0 saturated heterocycles. The van der Waals surface area contributed by atoms with Gasteiger partial charge in [0, 0.05) is 6.54 Å². The van der Waals surface area contributed by atoms with Crippen molar-refractivity contribution < 1.29 is 4.39 Å². The highest BCUT2D eigenvalue weighted by Crippen LogP contribution is 2.25. The summed E-state index contributed by atoms with van der Waals surface area (Å²) in [5.74, 6) is 0.414. The maximum atomic E-state index is 13.2. The van der Waals surface area contributed by atoms with Crippen LogP contribution in [-0.4, -0.2) is 0 Å². The van der Waals surface area contributed by atoms with Crippen molar-refractivity contribution in [2.45, 2.75) is 26.8 Å². The molecule has 0 aliphatic carbocycles. The summed E-state index contributed by atoms with van der Waals surface area (Å²) in [6.45, 7) is 4.77. The third-order valence-electron chi connectivity index (χ3n) is 3.20. The summed E-state index contributed by atoms with van der Waals surface area (Å²) in [5.41, 5.74) is 9.96. The van der Waals surface area contributed by atoms with Crippen LogP contribution < -0.4 is 5.73 Å². The minimum Gasteiger partial charge on any atom is -0.326 e. The van der Waals surface area contributed by atoms with Crippen molar-refractivity contribution in [2.75, 3.05) is 0 Å². The molecule has 2 aromatic carbocycles. The molecule has 100 valence electrons.